The SMILES string of the molecule is CCCCCCCCCCC#Cc1cc2cn(C)c(=O)nc2o1. The molecule has 2 rings (SSSR count). The molecule has 4 heteroatoms. The number of aromatic nitrogens is 2. The Morgan fingerprint density at radius 1 is 1.13 bits per heavy atom. The predicted octanol–water partition coefficient (Wildman–Crippen LogP) is 4.41. The lowest BCUT2D eigenvalue weighted by atomic mass is 10.1. The maximum Gasteiger partial charge on any atom is 0.350 e. The first kappa shape index (κ1) is 17.3. The lowest BCUT2D eigenvalue weighted by Gasteiger charge is -1.99. The van der Waals surface area contributed by atoms with Crippen LogP contribution in [0.2, 0.25) is 0 Å². The summed E-state index contributed by atoms with van der Waals surface area (Å²) in [7, 11) is 1.68. The molecule has 4 nitrogen and oxygen atoms in total. The number of hydrogen-bond acceptors (Lipinski definition) is 3. The Balaban J connectivity index is 1.72. The summed E-state index contributed by atoms with van der Waals surface area (Å²) >= 11 is 0. The van der Waals surface area contributed by atoms with Crippen molar-refractivity contribution in [2.24, 2.45) is 7.05 Å². The molecule has 2 aromatic rings. The summed E-state index contributed by atoms with van der Waals surface area (Å²) in [5, 5.41) is 0.809. The molecule has 0 unspecified atom stereocenters. The summed E-state index contributed by atoms with van der Waals surface area (Å²) in [6.07, 6.45) is 13.1. The highest BCUT2D eigenvalue weighted by Gasteiger charge is 2.04. The summed E-state index contributed by atoms with van der Waals surface area (Å²) in [6, 6.07) is 1.84. The van der Waals surface area contributed by atoms with E-state index in [9.17, 15) is 4.79 Å². The van der Waals surface area contributed by atoms with Crippen LogP contribution in [0.3, 0.4) is 0 Å². The van der Waals surface area contributed by atoms with E-state index >= 15 is 0 Å². The zero-order valence-electron chi connectivity index (χ0n) is 14.2. The van der Waals surface area contributed by atoms with Crippen LogP contribution in [-0.4, -0.2) is 9.55 Å². The zero-order valence-corrected chi connectivity index (χ0v) is 14.2. The summed E-state index contributed by atoms with van der Waals surface area (Å²) in [4.78, 5) is 15.3. The minimum atomic E-state index is -0.315. The van der Waals surface area contributed by atoms with E-state index in [2.05, 4.69) is 23.7 Å². The summed E-state index contributed by atoms with van der Waals surface area (Å²) in [5.74, 6) is 6.75. The van der Waals surface area contributed by atoms with E-state index in [-0.39, 0.29) is 5.69 Å². The van der Waals surface area contributed by atoms with Crippen molar-refractivity contribution in [3.8, 4) is 11.8 Å². The minimum absolute atomic E-state index is 0.315. The van der Waals surface area contributed by atoms with Crippen LogP contribution in [-0.2, 0) is 7.05 Å². The first-order valence-corrected chi connectivity index (χ1v) is 8.67. The van der Waals surface area contributed by atoms with Gasteiger partial charge in [0.25, 0.3) is 0 Å². The Morgan fingerprint density at radius 3 is 2.57 bits per heavy atom. The number of unbranched alkanes of at least 4 members (excludes halogenated alkanes) is 8. The fourth-order valence-electron chi connectivity index (χ4n) is 2.56. The molecular weight excluding hydrogens is 288 g/mol. The molecule has 0 aromatic carbocycles. The van der Waals surface area contributed by atoms with Crippen molar-refractivity contribution in [1.29, 1.82) is 0 Å². The largest absolute Gasteiger partial charge is 0.429 e. The molecule has 2 heterocycles. The van der Waals surface area contributed by atoms with Gasteiger partial charge in [-0.1, -0.05) is 57.8 Å². The van der Waals surface area contributed by atoms with Gasteiger partial charge < -0.3 is 8.98 Å². The van der Waals surface area contributed by atoms with Crippen LogP contribution in [0.5, 0.6) is 0 Å². The minimum Gasteiger partial charge on any atom is -0.429 e. The second kappa shape index (κ2) is 9.19. The van der Waals surface area contributed by atoms with Crippen LogP contribution in [0, 0.1) is 11.8 Å². The summed E-state index contributed by atoms with van der Waals surface area (Å²) in [5.41, 5.74) is 0.0507. The van der Waals surface area contributed by atoms with E-state index < -0.39 is 0 Å². The molecule has 0 aliphatic rings. The number of nitrogens with zero attached hydrogens (tertiary/aromatic N) is 2. The second-order valence-electron chi connectivity index (χ2n) is 6.03. The van der Waals surface area contributed by atoms with Crippen LogP contribution in [0.1, 0.15) is 70.5 Å². The van der Waals surface area contributed by atoms with Gasteiger partial charge in [0.05, 0.1) is 5.39 Å². The van der Waals surface area contributed by atoms with Gasteiger partial charge in [-0.2, -0.15) is 4.98 Å². The Kier molecular flexibility index (Phi) is 6.93. The normalized spacial score (nSPS) is 10.7. The molecule has 0 saturated carbocycles. The third-order valence-corrected chi connectivity index (χ3v) is 3.94. The van der Waals surface area contributed by atoms with Crippen molar-refractivity contribution in [2.45, 2.75) is 64.7 Å². The van der Waals surface area contributed by atoms with Crippen molar-refractivity contribution in [1.82, 2.24) is 9.55 Å². The van der Waals surface area contributed by atoms with Gasteiger partial charge in [-0.25, -0.2) is 4.79 Å². The Bertz CT molecular complexity index is 731. The Hall–Kier alpha value is -2.02. The molecule has 124 valence electrons. The molecule has 0 bridgehead atoms. The maximum absolute atomic E-state index is 11.4. The highest BCUT2D eigenvalue weighted by Crippen LogP contribution is 2.14. The lowest BCUT2D eigenvalue weighted by molar-refractivity contribution is 0.578. The number of hydrogen-bond donors (Lipinski definition) is 0. The van der Waals surface area contributed by atoms with Crippen LogP contribution in [0.4, 0.5) is 0 Å². The molecule has 0 N–H and O–H groups in total. The molecule has 0 spiro atoms. The molecular formula is C19H26N2O2. The van der Waals surface area contributed by atoms with Gasteiger partial charge in [0.15, 0.2) is 5.76 Å². The highest BCUT2D eigenvalue weighted by molar-refractivity contribution is 5.73. The predicted molar refractivity (Wildman–Crippen MR) is 93.4 cm³/mol. The monoisotopic (exact) mass is 314 g/mol. The average Bonchev–Trinajstić information content (AvgIpc) is 2.91. The third kappa shape index (κ3) is 5.59. The molecule has 0 atom stereocenters. The third-order valence-electron chi connectivity index (χ3n) is 3.94. The number of aryl methyl sites for hydroxylation is 1. The van der Waals surface area contributed by atoms with E-state index in [1.54, 1.807) is 13.2 Å². The molecule has 0 amide bonds. The van der Waals surface area contributed by atoms with Crippen LogP contribution in [0.15, 0.2) is 21.5 Å². The Morgan fingerprint density at radius 2 is 1.83 bits per heavy atom. The van der Waals surface area contributed by atoms with Crippen LogP contribution >= 0.6 is 0 Å². The zero-order chi connectivity index (χ0) is 16.5. The molecule has 0 fully saturated rings. The van der Waals surface area contributed by atoms with E-state index in [1.807, 2.05) is 6.07 Å². The quantitative estimate of drug-likeness (QED) is 0.535. The molecule has 0 aliphatic carbocycles. The maximum atomic E-state index is 11.4. The van der Waals surface area contributed by atoms with E-state index in [0.717, 1.165) is 18.2 Å². The lowest BCUT2D eigenvalue weighted by Crippen LogP contribution is -2.18. The summed E-state index contributed by atoms with van der Waals surface area (Å²) in [6.45, 7) is 2.25. The van der Waals surface area contributed by atoms with Gasteiger partial charge in [-0.05, 0) is 12.3 Å². The highest BCUT2D eigenvalue weighted by atomic mass is 16.3. The first-order valence-electron chi connectivity index (χ1n) is 8.67. The van der Waals surface area contributed by atoms with Gasteiger partial charge in [0.2, 0.25) is 5.71 Å². The van der Waals surface area contributed by atoms with Gasteiger partial charge in [-0.15, -0.1) is 0 Å². The van der Waals surface area contributed by atoms with E-state index in [4.69, 9.17) is 4.42 Å². The molecule has 0 saturated heterocycles. The van der Waals surface area contributed by atoms with Gasteiger partial charge in [0.1, 0.15) is 0 Å². The van der Waals surface area contributed by atoms with Crippen LogP contribution < -0.4 is 5.69 Å². The fraction of sp³-hybridized carbons (Fsp3) is 0.579. The van der Waals surface area contributed by atoms with Crippen molar-refractivity contribution in [3.05, 3.63) is 28.5 Å². The van der Waals surface area contributed by atoms with Crippen molar-refractivity contribution in [3.63, 3.8) is 0 Å². The van der Waals surface area contributed by atoms with Crippen molar-refractivity contribution >= 4 is 11.1 Å². The topological polar surface area (TPSA) is 48.0 Å². The molecule has 2 aromatic heterocycles. The second-order valence-corrected chi connectivity index (χ2v) is 6.03. The van der Waals surface area contributed by atoms with Crippen molar-refractivity contribution in [2.75, 3.05) is 0 Å². The molecule has 23 heavy (non-hydrogen) atoms. The average molecular weight is 314 g/mol. The first-order chi connectivity index (χ1) is 11.2. The smallest absolute Gasteiger partial charge is 0.350 e. The van der Waals surface area contributed by atoms with Crippen LogP contribution in [0.25, 0.3) is 11.1 Å². The van der Waals surface area contributed by atoms with Gasteiger partial charge in [0, 0.05) is 25.7 Å². The van der Waals surface area contributed by atoms with Gasteiger partial charge >= 0.3 is 5.69 Å². The standard InChI is InChI=1S/C19H26N2O2/c1-3-4-5-6-7-8-9-10-11-12-13-17-14-16-15-21(2)19(22)20-18(16)23-17/h14-15H,3-11H2,1-2H3. The van der Waals surface area contributed by atoms with Crippen molar-refractivity contribution < 1.29 is 4.42 Å². The van der Waals surface area contributed by atoms with E-state index in [1.165, 1.54) is 49.5 Å². The Labute approximate surface area is 137 Å². The van der Waals surface area contributed by atoms with E-state index in [0.29, 0.717) is 11.5 Å². The molecule has 0 radical (unpaired) electrons. The molecule has 0 aliphatic heterocycles. The number of rotatable bonds is 8. The van der Waals surface area contributed by atoms with Gasteiger partial charge in [-0.3, -0.25) is 0 Å². The number of furan rings is 1. The fourth-order valence-corrected chi connectivity index (χ4v) is 2.56. The summed E-state index contributed by atoms with van der Waals surface area (Å²) < 4.78 is 6.93. The number of fused-ring (bicyclic) bond motifs is 1.